The van der Waals surface area contributed by atoms with Crippen molar-refractivity contribution in [3.8, 4) is 0 Å². The molecule has 0 saturated heterocycles. The van der Waals surface area contributed by atoms with Crippen molar-refractivity contribution in [2.45, 2.75) is 13.8 Å². The van der Waals surface area contributed by atoms with Crippen LogP contribution in [0.1, 0.15) is 18.1 Å². The lowest BCUT2D eigenvalue weighted by atomic mass is 10.0. The van der Waals surface area contributed by atoms with Crippen molar-refractivity contribution in [3.63, 3.8) is 0 Å². The summed E-state index contributed by atoms with van der Waals surface area (Å²) in [4.78, 5) is 4.03. The number of hydrogen-bond acceptors (Lipinski definition) is 1. The van der Waals surface area contributed by atoms with Gasteiger partial charge in [0.2, 0.25) is 0 Å². The molecule has 0 aliphatic heterocycles. The lowest BCUT2D eigenvalue weighted by Crippen LogP contribution is -1.89. The second kappa shape index (κ2) is 4.61. The Morgan fingerprint density at radius 3 is 2.54 bits per heavy atom. The zero-order valence-corrected chi connectivity index (χ0v) is 8.41. The van der Waals surface area contributed by atoms with E-state index in [9.17, 15) is 0 Å². The van der Waals surface area contributed by atoms with Crippen molar-refractivity contribution in [2.24, 2.45) is 4.99 Å². The van der Waals surface area contributed by atoms with Gasteiger partial charge >= 0.3 is 0 Å². The van der Waals surface area contributed by atoms with E-state index in [0.717, 1.165) is 0 Å². The van der Waals surface area contributed by atoms with E-state index in [-0.39, 0.29) is 0 Å². The maximum absolute atomic E-state index is 4.03. The first-order valence-electron chi connectivity index (χ1n) is 4.44. The molecule has 1 rings (SSSR count). The fourth-order valence-electron chi connectivity index (χ4n) is 1.34. The summed E-state index contributed by atoms with van der Waals surface area (Å²) in [7, 11) is 1.79. The minimum atomic E-state index is 1.18. The molecule has 0 N–H and O–H groups in total. The van der Waals surface area contributed by atoms with Crippen LogP contribution in [0.2, 0.25) is 0 Å². The van der Waals surface area contributed by atoms with Crippen LogP contribution in [0.15, 0.2) is 35.3 Å². The van der Waals surface area contributed by atoms with Gasteiger partial charge in [-0.3, -0.25) is 4.99 Å². The molecule has 1 aromatic carbocycles. The van der Waals surface area contributed by atoms with Gasteiger partial charge in [0.25, 0.3) is 0 Å². The lowest BCUT2D eigenvalue weighted by Gasteiger charge is -2.04. The van der Waals surface area contributed by atoms with E-state index in [0.29, 0.717) is 0 Å². The molecule has 0 radical (unpaired) electrons. The number of benzene rings is 1. The highest BCUT2D eigenvalue weighted by Gasteiger charge is 1.99. The van der Waals surface area contributed by atoms with Gasteiger partial charge in [0.15, 0.2) is 0 Å². The molecule has 0 saturated carbocycles. The van der Waals surface area contributed by atoms with Gasteiger partial charge in [0.05, 0.1) is 0 Å². The minimum Gasteiger partial charge on any atom is -0.296 e. The Balaban J connectivity index is 3.13. The highest BCUT2D eigenvalue weighted by molar-refractivity contribution is 6.10. The molecule has 13 heavy (non-hydrogen) atoms. The molecule has 0 spiro atoms. The molecular weight excluding hydrogens is 158 g/mol. The molecule has 0 atom stereocenters. The smallest absolute Gasteiger partial charge is 0.0284 e. The summed E-state index contributed by atoms with van der Waals surface area (Å²) < 4.78 is 0. The van der Waals surface area contributed by atoms with E-state index < -0.39 is 0 Å². The Hall–Kier alpha value is -1.37. The van der Waals surface area contributed by atoms with Gasteiger partial charge in [0.1, 0.15) is 0 Å². The van der Waals surface area contributed by atoms with Crippen molar-refractivity contribution in [2.75, 3.05) is 7.05 Å². The van der Waals surface area contributed by atoms with Crippen molar-refractivity contribution in [1.82, 2.24) is 0 Å². The van der Waals surface area contributed by atoms with Gasteiger partial charge < -0.3 is 0 Å². The number of rotatable bonds is 2. The van der Waals surface area contributed by atoms with Crippen LogP contribution in [0, 0.1) is 6.92 Å². The first kappa shape index (κ1) is 9.72. The first-order valence-corrected chi connectivity index (χ1v) is 4.44. The van der Waals surface area contributed by atoms with E-state index in [1.807, 2.05) is 13.1 Å². The van der Waals surface area contributed by atoms with E-state index >= 15 is 0 Å². The van der Waals surface area contributed by atoms with Crippen LogP contribution in [-0.2, 0) is 0 Å². The maximum Gasteiger partial charge on any atom is 0.0284 e. The molecular formula is C12H15N. The molecule has 1 aromatic rings. The monoisotopic (exact) mass is 173 g/mol. The summed E-state index contributed by atoms with van der Waals surface area (Å²) >= 11 is 0. The quantitative estimate of drug-likeness (QED) is 0.609. The molecule has 0 unspecified atom stereocenters. The van der Waals surface area contributed by atoms with E-state index in [2.05, 4.69) is 42.3 Å². The van der Waals surface area contributed by atoms with Gasteiger partial charge in [-0.25, -0.2) is 0 Å². The van der Waals surface area contributed by atoms with Crippen molar-refractivity contribution in [1.29, 1.82) is 0 Å². The molecule has 0 heterocycles. The Kier molecular flexibility index (Phi) is 3.44. The third-order valence-corrected chi connectivity index (χ3v) is 2.04. The van der Waals surface area contributed by atoms with Crippen molar-refractivity contribution in [3.05, 3.63) is 41.5 Å². The molecule has 0 bridgehead atoms. The Morgan fingerprint density at radius 2 is 2.00 bits per heavy atom. The highest BCUT2D eigenvalue weighted by Crippen LogP contribution is 2.16. The second-order valence-electron chi connectivity index (χ2n) is 2.95. The molecule has 1 heteroatoms. The largest absolute Gasteiger partial charge is 0.296 e. The number of allylic oxidation sites excluding steroid dienone is 2. The standard InChI is InChI=1S/C12H15N/c1-4-11(9-13-3)12-8-6-5-7-10(12)2/h4-9H,1-3H3/b11-4-,13-9?. The van der Waals surface area contributed by atoms with Crippen molar-refractivity contribution < 1.29 is 0 Å². The van der Waals surface area contributed by atoms with Crippen molar-refractivity contribution >= 4 is 11.8 Å². The summed E-state index contributed by atoms with van der Waals surface area (Å²) in [5.41, 5.74) is 3.73. The molecule has 0 fully saturated rings. The van der Waals surface area contributed by atoms with E-state index in [4.69, 9.17) is 0 Å². The molecule has 0 aromatic heterocycles. The molecule has 0 aliphatic rings. The number of aryl methyl sites for hydroxylation is 1. The van der Waals surface area contributed by atoms with Crippen LogP contribution in [0.25, 0.3) is 5.57 Å². The van der Waals surface area contributed by atoms with Crippen LogP contribution < -0.4 is 0 Å². The van der Waals surface area contributed by atoms with Crippen LogP contribution in [-0.4, -0.2) is 13.3 Å². The van der Waals surface area contributed by atoms with E-state index in [1.165, 1.54) is 16.7 Å². The molecule has 68 valence electrons. The average Bonchev–Trinajstić information content (AvgIpc) is 2.16. The number of hydrogen-bond donors (Lipinski definition) is 0. The topological polar surface area (TPSA) is 12.4 Å². The molecule has 0 amide bonds. The normalized spacial score (nSPS) is 12.4. The second-order valence-corrected chi connectivity index (χ2v) is 2.95. The van der Waals surface area contributed by atoms with Gasteiger partial charge in [0, 0.05) is 13.3 Å². The van der Waals surface area contributed by atoms with Crippen LogP contribution >= 0.6 is 0 Å². The zero-order chi connectivity index (χ0) is 9.68. The predicted molar refractivity (Wildman–Crippen MR) is 59.2 cm³/mol. The van der Waals surface area contributed by atoms with Crippen LogP contribution in [0.3, 0.4) is 0 Å². The predicted octanol–water partition coefficient (Wildman–Crippen LogP) is 3.10. The molecule has 0 aliphatic carbocycles. The third kappa shape index (κ3) is 2.28. The van der Waals surface area contributed by atoms with Crippen LogP contribution in [0.4, 0.5) is 0 Å². The fourth-order valence-corrected chi connectivity index (χ4v) is 1.34. The maximum atomic E-state index is 4.03. The Morgan fingerprint density at radius 1 is 1.31 bits per heavy atom. The van der Waals surface area contributed by atoms with Gasteiger partial charge in [-0.05, 0) is 30.5 Å². The number of nitrogens with zero attached hydrogens (tertiary/aromatic N) is 1. The lowest BCUT2D eigenvalue weighted by molar-refractivity contribution is 1.42. The van der Waals surface area contributed by atoms with Gasteiger partial charge in [-0.15, -0.1) is 0 Å². The van der Waals surface area contributed by atoms with Crippen LogP contribution in [0.5, 0.6) is 0 Å². The summed E-state index contributed by atoms with van der Waals surface area (Å²) in [6.07, 6.45) is 3.97. The minimum absolute atomic E-state index is 1.18. The molecule has 1 nitrogen and oxygen atoms in total. The Labute approximate surface area is 79.8 Å². The Bertz CT molecular complexity index is 335. The average molecular weight is 173 g/mol. The van der Waals surface area contributed by atoms with E-state index in [1.54, 1.807) is 7.05 Å². The van der Waals surface area contributed by atoms with Gasteiger partial charge in [-0.1, -0.05) is 30.3 Å². The third-order valence-electron chi connectivity index (χ3n) is 2.04. The number of aliphatic imine (C=N–C) groups is 1. The summed E-state index contributed by atoms with van der Waals surface area (Å²) in [5.74, 6) is 0. The first-order chi connectivity index (χ1) is 6.29. The summed E-state index contributed by atoms with van der Waals surface area (Å²) in [6, 6.07) is 8.33. The zero-order valence-electron chi connectivity index (χ0n) is 8.41. The van der Waals surface area contributed by atoms with Gasteiger partial charge in [-0.2, -0.15) is 0 Å². The summed E-state index contributed by atoms with van der Waals surface area (Å²) in [5, 5.41) is 0. The highest BCUT2D eigenvalue weighted by atomic mass is 14.6. The fraction of sp³-hybridized carbons (Fsp3) is 0.250. The SMILES string of the molecule is C/C=C(/C=NC)c1ccccc1C. The summed E-state index contributed by atoms with van der Waals surface area (Å²) in [6.45, 7) is 4.14.